The van der Waals surface area contributed by atoms with Gasteiger partial charge in [0.15, 0.2) is 0 Å². The maximum Gasteiger partial charge on any atom is 0.239 e. The predicted octanol–water partition coefficient (Wildman–Crippen LogP) is 3.74. The second kappa shape index (κ2) is 8.78. The first kappa shape index (κ1) is 16.9. The summed E-state index contributed by atoms with van der Waals surface area (Å²) in [6.07, 6.45) is 3.09. The van der Waals surface area contributed by atoms with Crippen LogP contribution in [-0.2, 0) is 11.2 Å². The average Bonchev–Trinajstić information content (AvgIpc) is 2.82. The molecule has 3 nitrogen and oxygen atoms in total. The third-order valence-corrected chi connectivity index (χ3v) is 5.33. The molecule has 0 aromatic heterocycles. The number of nitrogens with one attached hydrogen (secondary N) is 1. The lowest BCUT2D eigenvalue weighted by molar-refractivity contribution is -0.119. The van der Waals surface area contributed by atoms with Crippen LogP contribution in [0.4, 0.5) is 5.69 Å². The fourth-order valence-electron chi connectivity index (χ4n) is 2.96. The van der Waals surface area contributed by atoms with Gasteiger partial charge in [-0.2, -0.15) is 0 Å². The minimum atomic E-state index is 0.116. The van der Waals surface area contributed by atoms with Crippen LogP contribution in [0.15, 0.2) is 59.5 Å². The van der Waals surface area contributed by atoms with E-state index in [1.54, 1.807) is 0 Å². The molecule has 1 heterocycles. The van der Waals surface area contributed by atoms with Gasteiger partial charge in [-0.1, -0.05) is 42.5 Å². The monoisotopic (exact) mass is 340 g/mol. The molecule has 4 heteroatoms. The fourth-order valence-corrected chi connectivity index (χ4v) is 3.97. The second-order valence-electron chi connectivity index (χ2n) is 6.03. The van der Waals surface area contributed by atoms with Crippen LogP contribution in [0, 0.1) is 0 Å². The van der Waals surface area contributed by atoms with Gasteiger partial charge >= 0.3 is 0 Å². The van der Waals surface area contributed by atoms with Crippen molar-refractivity contribution in [2.45, 2.75) is 24.2 Å². The quantitative estimate of drug-likeness (QED) is 0.813. The molecular formula is C20H24N2OS. The van der Waals surface area contributed by atoms with Crippen molar-refractivity contribution in [2.75, 3.05) is 30.3 Å². The molecule has 0 fully saturated rings. The van der Waals surface area contributed by atoms with Crippen molar-refractivity contribution in [3.05, 3.63) is 60.2 Å². The highest BCUT2D eigenvalue weighted by atomic mass is 32.2. The topological polar surface area (TPSA) is 32.3 Å². The highest BCUT2D eigenvalue weighted by molar-refractivity contribution is 7.99. The third kappa shape index (κ3) is 4.78. The molecule has 0 saturated carbocycles. The Bertz CT molecular complexity index is 660. The van der Waals surface area contributed by atoms with Gasteiger partial charge in [0.2, 0.25) is 5.91 Å². The number of anilines is 1. The Morgan fingerprint density at radius 2 is 1.88 bits per heavy atom. The molecular weight excluding hydrogens is 316 g/mol. The largest absolute Gasteiger partial charge is 0.361 e. The van der Waals surface area contributed by atoms with Gasteiger partial charge in [-0.3, -0.25) is 4.79 Å². The molecule has 0 spiro atoms. The number of fused-ring (bicyclic) bond motifs is 1. The van der Waals surface area contributed by atoms with Gasteiger partial charge in [-0.05, 0) is 42.7 Å². The number of hydrogen-bond donors (Lipinski definition) is 1. The first-order valence-electron chi connectivity index (χ1n) is 8.60. The SMILES string of the molecule is O=C(CN1CCCSc2ccccc21)NCCCc1ccccc1. The first-order valence-corrected chi connectivity index (χ1v) is 9.59. The van der Waals surface area contributed by atoms with Crippen LogP contribution >= 0.6 is 11.8 Å². The number of para-hydroxylation sites is 1. The molecule has 2 aromatic carbocycles. The van der Waals surface area contributed by atoms with Gasteiger partial charge < -0.3 is 10.2 Å². The van der Waals surface area contributed by atoms with Crippen molar-refractivity contribution in [1.82, 2.24) is 5.32 Å². The lowest BCUT2D eigenvalue weighted by Crippen LogP contribution is -2.38. The van der Waals surface area contributed by atoms with E-state index in [4.69, 9.17) is 0 Å². The summed E-state index contributed by atoms with van der Waals surface area (Å²) in [6.45, 7) is 2.13. The van der Waals surface area contributed by atoms with E-state index in [2.05, 4.69) is 58.7 Å². The van der Waals surface area contributed by atoms with Crippen molar-refractivity contribution in [2.24, 2.45) is 0 Å². The molecule has 0 saturated heterocycles. The van der Waals surface area contributed by atoms with Crippen molar-refractivity contribution in [3.8, 4) is 0 Å². The number of thioether (sulfide) groups is 1. The molecule has 1 amide bonds. The van der Waals surface area contributed by atoms with Gasteiger partial charge in [0.1, 0.15) is 0 Å². The highest BCUT2D eigenvalue weighted by Gasteiger charge is 2.17. The number of carbonyl (C=O) groups excluding carboxylic acids is 1. The molecule has 0 unspecified atom stereocenters. The van der Waals surface area contributed by atoms with E-state index in [0.29, 0.717) is 6.54 Å². The van der Waals surface area contributed by atoms with Crippen LogP contribution in [0.5, 0.6) is 0 Å². The smallest absolute Gasteiger partial charge is 0.239 e. The number of amides is 1. The summed E-state index contributed by atoms with van der Waals surface area (Å²) in [5.41, 5.74) is 2.52. The van der Waals surface area contributed by atoms with Gasteiger partial charge in [0, 0.05) is 18.0 Å². The fraction of sp³-hybridized carbons (Fsp3) is 0.350. The molecule has 24 heavy (non-hydrogen) atoms. The molecule has 1 aliphatic rings. The van der Waals surface area contributed by atoms with Gasteiger partial charge in [0.05, 0.1) is 12.2 Å². The Morgan fingerprint density at radius 1 is 1.08 bits per heavy atom. The summed E-state index contributed by atoms with van der Waals surface area (Å²) in [5.74, 6) is 1.23. The third-order valence-electron chi connectivity index (χ3n) is 4.18. The maximum atomic E-state index is 12.3. The Labute approximate surface area is 148 Å². The molecule has 3 rings (SSSR count). The molecule has 1 aliphatic heterocycles. The Kier molecular flexibility index (Phi) is 6.19. The van der Waals surface area contributed by atoms with E-state index in [1.807, 2.05) is 17.8 Å². The molecule has 126 valence electrons. The maximum absolute atomic E-state index is 12.3. The van der Waals surface area contributed by atoms with Crippen LogP contribution in [0.3, 0.4) is 0 Å². The van der Waals surface area contributed by atoms with Crippen molar-refractivity contribution in [3.63, 3.8) is 0 Å². The zero-order valence-electron chi connectivity index (χ0n) is 13.9. The molecule has 0 radical (unpaired) electrons. The summed E-state index contributed by atoms with van der Waals surface area (Å²) in [4.78, 5) is 15.8. The summed E-state index contributed by atoms with van der Waals surface area (Å²) >= 11 is 1.89. The van der Waals surface area contributed by atoms with Crippen molar-refractivity contribution >= 4 is 23.4 Å². The minimum Gasteiger partial charge on any atom is -0.361 e. The van der Waals surface area contributed by atoms with Crippen LogP contribution in [0.25, 0.3) is 0 Å². The van der Waals surface area contributed by atoms with E-state index >= 15 is 0 Å². The zero-order valence-corrected chi connectivity index (χ0v) is 14.7. The van der Waals surface area contributed by atoms with Gasteiger partial charge in [-0.25, -0.2) is 0 Å². The number of carbonyl (C=O) groups is 1. The van der Waals surface area contributed by atoms with Gasteiger partial charge in [0.25, 0.3) is 0 Å². The predicted molar refractivity (Wildman–Crippen MR) is 102 cm³/mol. The van der Waals surface area contributed by atoms with E-state index in [1.165, 1.54) is 16.1 Å². The molecule has 0 aliphatic carbocycles. The van der Waals surface area contributed by atoms with Crippen molar-refractivity contribution < 1.29 is 4.79 Å². The molecule has 2 aromatic rings. The summed E-state index contributed by atoms with van der Waals surface area (Å²) in [5, 5.41) is 3.06. The average molecular weight is 340 g/mol. The molecule has 1 N–H and O–H groups in total. The molecule has 0 atom stereocenters. The number of rotatable bonds is 6. The Hall–Kier alpha value is -1.94. The Morgan fingerprint density at radius 3 is 2.75 bits per heavy atom. The van der Waals surface area contributed by atoms with Gasteiger partial charge in [-0.15, -0.1) is 11.8 Å². The first-order chi connectivity index (χ1) is 11.8. The summed E-state index contributed by atoms with van der Waals surface area (Å²) in [6, 6.07) is 18.8. The van der Waals surface area contributed by atoms with Crippen molar-refractivity contribution in [1.29, 1.82) is 0 Å². The minimum absolute atomic E-state index is 0.116. The van der Waals surface area contributed by atoms with Crippen LogP contribution in [-0.4, -0.2) is 31.3 Å². The standard InChI is InChI=1S/C20H24N2OS/c23-20(21-13-6-10-17-8-2-1-3-9-17)16-22-14-7-15-24-19-12-5-4-11-18(19)22/h1-5,8-9,11-12H,6-7,10,13-16H2,(H,21,23). The van der Waals surface area contributed by atoms with Crippen LogP contribution in [0.2, 0.25) is 0 Å². The number of aryl methyl sites for hydroxylation is 1. The second-order valence-corrected chi connectivity index (χ2v) is 7.17. The highest BCUT2D eigenvalue weighted by Crippen LogP contribution is 2.33. The lowest BCUT2D eigenvalue weighted by Gasteiger charge is -2.23. The Balaban J connectivity index is 1.46. The van der Waals surface area contributed by atoms with E-state index < -0.39 is 0 Å². The van der Waals surface area contributed by atoms with Crippen LogP contribution < -0.4 is 10.2 Å². The zero-order chi connectivity index (χ0) is 16.6. The number of hydrogen-bond acceptors (Lipinski definition) is 3. The summed E-state index contributed by atoms with van der Waals surface area (Å²) in [7, 11) is 0. The van der Waals surface area contributed by atoms with E-state index in [-0.39, 0.29) is 5.91 Å². The summed E-state index contributed by atoms with van der Waals surface area (Å²) < 4.78 is 0. The lowest BCUT2D eigenvalue weighted by atomic mass is 10.1. The van der Waals surface area contributed by atoms with E-state index in [0.717, 1.165) is 38.1 Å². The van der Waals surface area contributed by atoms with Crippen LogP contribution in [0.1, 0.15) is 18.4 Å². The molecule has 0 bridgehead atoms. The normalized spacial score (nSPS) is 13.9. The van der Waals surface area contributed by atoms with E-state index in [9.17, 15) is 4.79 Å². The number of nitrogens with zero attached hydrogens (tertiary/aromatic N) is 1. The number of benzene rings is 2.